The molecule has 2 rings (SSSR count). The second-order valence-electron chi connectivity index (χ2n) is 2.54. The lowest BCUT2D eigenvalue weighted by atomic mass is 10.0. The Morgan fingerprint density at radius 1 is 1.60 bits per heavy atom. The number of hydrogen-bond acceptors (Lipinski definition) is 1. The third-order valence-corrected chi connectivity index (χ3v) is 2.16. The number of rotatable bonds is 1. The molecule has 0 spiro atoms. The van der Waals surface area contributed by atoms with E-state index in [-0.39, 0.29) is 4.87 Å². The molecule has 10 heavy (non-hydrogen) atoms. The summed E-state index contributed by atoms with van der Waals surface area (Å²) in [6, 6.07) is 3.92. The zero-order valence-corrected chi connectivity index (χ0v) is 6.19. The third-order valence-electron chi connectivity index (χ3n) is 1.74. The van der Waals surface area contributed by atoms with Crippen molar-refractivity contribution in [2.75, 3.05) is 13.2 Å². The molecule has 0 unspecified atom stereocenters. The normalized spacial score (nSPS) is 22.1. The predicted octanol–water partition coefficient (Wildman–Crippen LogP) is 1.48. The van der Waals surface area contributed by atoms with E-state index in [0.29, 0.717) is 13.2 Å². The van der Waals surface area contributed by atoms with E-state index in [9.17, 15) is 0 Å². The predicted molar refractivity (Wildman–Crippen MR) is 39.1 cm³/mol. The Balaban J connectivity index is 2.27. The summed E-state index contributed by atoms with van der Waals surface area (Å²) in [6.45, 7) is 1.24. The van der Waals surface area contributed by atoms with Crippen LogP contribution in [-0.4, -0.2) is 18.2 Å². The number of aromatic nitrogens is 1. The van der Waals surface area contributed by atoms with E-state index in [1.165, 1.54) is 0 Å². The van der Waals surface area contributed by atoms with Crippen LogP contribution in [0.5, 0.6) is 0 Å². The standard InChI is InChI=1S/C7H8ClNO/c8-7(4-10-5-7)6-2-1-3-9-6/h1-3,9H,4-5H2. The molecular weight excluding hydrogens is 150 g/mol. The van der Waals surface area contributed by atoms with Crippen LogP contribution in [0.15, 0.2) is 18.3 Å². The molecule has 0 atom stereocenters. The van der Waals surface area contributed by atoms with Gasteiger partial charge in [0.15, 0.2) is 0 Å². The molecule has 2 nitrogen and oxygen atoms in total. The molecule has 0 bridgehead atoms. The van der Waals surface area contributed by atoms with Crippen molar-refractivity contribution in [2.45, 2.75) is 4.87 Å². The topological polar surface area (TPSA) is 25.0 Å². The SMILES string of the molecule is ClC1(c2ccc[nH]2)COC1. The van der Waals surface area contributed by atoms with Crippen molar-refractivity contribution in [1.29, 1.82) is 0 Å². The van der Waals surface area contributed by atoms with Crippen molar-refractivity contribution < 1.29 is 4.74 Å². The summed E-state index contributed by atoms with van der Waals surface area (Å²) < 4.78 is 5.01. The maximum Gasteiger partial charge on any atom is 0.131 e. The Bertz CT molecular complexity index is 216. The van der Waals surface area contributed by atoms with Crippen molar-refractivity contribution in [3.63, 3.8) is 0 Å². The summed E-state index contributed by atoms with van der Waals surface area (Å²) in [5, 5.41) is 0. The fourth-order valence-electron chi connectivity index (χ4n) is 1.05. The summed E-state index contributed by atoms with van der Waals surface area (Å²) in [6.07, 6.45) is 1.87. The first-order valence-corrected chi connectivity index (χ1v) is 3.60. The first-order chi connectivity index (χ1) is 4.81. The summed E-state index contributed by atoms with van der Waals surface area (Å²) in [4.78, 5) is 2.81. The number of H-pyrrole nitrogens is 1. The van der Waals surface area contributed by atoms with Crippen molar-refractivity contribution in [3.05, 3.63) is 24.0 Å². The van der Waals surface area contributed by atoms with Gasteiger partial charge in [0.1, 0.15) is 4.87 Å². The highest BCUT2D eigenvalue weighted by Gasteiger charge is 2.38. The van der Waals surface area contributed by atoms with Gasteiger partial charge in [0, 0.05) is 11.9 Å². The Morgan fingerprint density at radius 2 is 2.40 bits per heavy atom. The monoisotopic (exact) mass is 157 g/mol. The molecule has 1 aromatic heterocycles. The van der Waals surface area contributed by atoms with Crippen LogP contribution in [0.1, 0.15) is 5.69 Å². The van der Waals surface area contributed by atoms with Crippen LogP contribution in [0.4, 0.5) is 0 Å². The van der Waals surface area contributed by atoms with Gasteiger partial charge < -0.3 is 9.72 Å². The van der Waals surface area contributed by atoms with E-state index in [0.717, 1.165) is 5.69 Å². The smallest absolute Gasteiger partial charge is 0.131 e. The lowest BCUT2D eigenvalue weighted by Crippen LogP contribution is -2.41. The minimum Gasteiger partial charge on any atom is -0.377 e. The Kier molecular flexibility index (Phi) is 1.25. The molecule has 1 N–H and O–H groups in total. The van der Waals surface area contributed by atoms with Crippen molar-refractivity contribution in [2.24, 2.45) is 0 Å². The molecule has 0 radical (unpaired) electrons. The molecule has 2 heterocycles. The van der Waals surface area contributed by atoms with Crippen molar-refractivity contribution in [3.8, 4) is 0 Å². The fraction of sp³-hybridized carbons (Fsp3) is 0.429. The van der Waals surface area contributed by atoms with Gasteiger partial charge in [-0.1, -0.05) is 0 Å². The average Bonchev–Trinajstić information content (AvgIpc) is 2.33. The Morgan fingerprint density at radius 3 is 2.80 bits per heavy atom. The van der Waals surface area contributed by atoms with Crippen LogP contribution in [-0.2, 0) is 9.61 Å². The first kappa shape index (κ1) is 6.25. The highest BCUT2D eigenvalue weighted by Crippen LogP contribution is 2.34. The van der Waals surface area contributed by atoms with E-state index in [1.54, 1.807) is 0 Å². The molecule has 0 aromatic carbocycles. The van der Waals surface area contributed by atoms with Gasteiger partial charge in [-0.25, -0.2) is 0 Å². The molecule has 54 valence electrons. The van der Waals surface area contributed by atoms with Gasteiger partial charge in [-0.15, -0.1) is 11.6 Å². The van der Waals surface area contributed by atoms with E-state index < -0.39 is 0 Å². The maximum absolute atomic E-state index is 6.12. The van der Waals surface area contributed by atoms with Gasteiger partial charge in [0.25, 0.3) is 0 Å². The molecule has 1 fully saturated rings. The van der Waals surface area contributed by atoms with Gasteiger partial charge in [0.05, 0.1) is 13.2 Å². The molecule has 1 aliphatic heterocycles. The van der Waals surface area contributed by atoms with Crippen LogP contribution in [0.2, 0.25) is 0 Å². The average molecular weight is 158 g/mol. The Hall–Kier alpha value is -0.470. The minimum absolute atomic E-state index is 0.260. The van der Waals surface area contributed by atoms with Crippen LogP contribution < -0.4 is 0 Å². The van der Waals surface area contributed by atoms with Gasteiger partial charge >= 0.3 is 0 Å². The van der Waals surface area contributed by atoms with Gasteiger partial charge in [-0.2, -0.15) is 0 Å². The number of ether oxygens (including phenoxy) is 1. The van der Waals surface area contributed by atoms with Crippen molar-refractivity contribution in [1.82, 2.24) is 4.98 Å². The largest absolute Gasteiger partial charge is 0.377 e. The molecule has 1 saturated heterocycles. The molecular formula is C7H8ClNO. The quantitative estimate of drug-likeness (QED) is 0.614. The highest BCUT2D eigenvalue weighted by atomic mass is 35.5. The maximum atomic E-state index is 6.12. The van der Waals surface area contributed by atoms with E-state index in [4.69, 9.17) is 16.3 Å². The van der Waals surface area contributed by atoms with Crippen LogP contribution >= 0.6 is 11.6 Å². The zero-order valence-electron chi connectivity index (χ0n) is 5.43. The molecule has 1 aromatic rings. The zero-order chi connectivity index (χ0) is 7.03. The number of alkyl halides is 1. The van der Waals surface area contributed by atoms with Crippen LogP contribution in [0.3, 0.4) is 0 Å². The minimum atomic E-state index is -0.260. The lowest BCUT2D eigenvalue weighted by molar-refractivity contribution is -0.0168. The number of nitrogens with one attached hydrogen (secondary N) is 1. The lowest BCUT2D eigenvalue weighted by Gasteiger charge is -2.34. The van der Waals surface area contributed by atoms with Crippen LogP contribution in [0.25, 0.3) is 0 Å². The van der Waals surface area contributed by atoms with E-state index in [2.05, 4.69) is 4.98 Å². The van der Waals surface area contributed by atoms with E-state index >= 15 is 0 Å². The summed E-state index contributed by atoms with van der Waals surface area (Å²) in [5.74, 6) is 0. The molecule has 0 aliphatic carbocycles. The number of aromatic amines is 1. The molecule has 0 saturated carbocycles. The van der Waals surface area contributed by atoms with Gasteiger partial charge in [0.2, 0.25) is 0 Å². The Labute approximate surface area is 64.1 Å². The summed E-state index contributed by atoms with van der Waals surface area (Å²) in [5.41, 5.74) is 1.06. The van der Waals surface area contributed by atoms with Crippen molar-refractivity contribution >= 4 is 11.6 Å². The number of hydrogen-bond donors (Lipinski definition) is 1. The summed E-state index contributed by atoms with van der Waals surface area (Å²) in [7, 11) is 0. The molecule has 0 amide bonds. The third kappa shape index (κ3) is 0.762. The van der Waals surface area contributed by atoms with E-state index in [1.807, 2.05) is 18.3 Å². The molecule has 1 aliphatic rings. The molecule has 3 heteroatoms. The second kappa shape index (κ2) is 2.01. The highest BCUT2D eigenvalue weighted by molar-refractivity contribution is 6.24. The second-order valence-corrected chi connectivity index (χ2v) is 3.27. The van der Waals surface area contributed by atoms with Gasteiger partial charge in [-0.3, -0.25) is 0 Å². The first-order valence-electron chi connectivity index (χ1n) is 3.22. The summed E-state index contributed by atoms with van der Waals surface area (Å²) >= 11 is 6.12. The van der Waals surface area contributed by atoms with Gasteiger partial charge in [-0.05, 0) is 12.1 Å². The number of halogens is 1. The van der Waals surface area contributed by atoms with Crippen LogP contribution in [0, 0.1) is 0 Å². The fourth-order valence-corrected chi connectivity index (χ4v) is 1.32.